The van der Waals surface area contributed by atoms with Gasteiger partial charge in [0.05, 0.1) is 14.2 Å². The highest BCUT2D eigenvalue weighted by molar-refractivity contribution is 6.35. The van der Waals surface area contributed by atoms with Crippen LogP contribution in [0, 0.1) is 0 Å². The number of carboxylic acid groups (broad SMARTS) is 1. The van der Waals surface area contributed by atoms with E-state index in [9.17, 15) is 4.79 Å². The van der Waals surface area contributed by atoms with Crippen LogP contribution in [0.15, 0.2) is 40.8 Å². The highest BCUT2D eigenvalue weighted by Gasteiger charge is 2.16. The van der Waals surface area contributed by atoms with E-state index in [4.69, 9.17) is 46.9 Å². The van der Waals surface area contributed by atoms with Crippen LogP contribution in [0.2, 0.25) is 10.0 Å². The lowest BCUT2D eigenvalue weighted by molar-refractivity contribution is -0.131. The Morgan fingerprint density at radius 2 is 1.70 bits per heavy atom. The minimum Gasteiger partial charge on any atom is -0.493 e. The Bertz CT molecular complexity index is 1050. The molecule has 0 bridgehead atoms. The SMILES string of the molecule is COc1cc(C=CC(=O)O)cc(OC)c1OCc1nnc(-c2cc(Cl)cc(Cl)c2)o1. The number of aliphatic carboxylic acids is 1. The first kappa shape index (κ1) is 21.5. The van der Waals surface area contributed by atoms with Crippen LogP contribution < -0.4 is 14.2 Å². The molecule has 10 heteroatoms. The lowest BCUT2D eigenvalue weighted by atomic mass is 10.1. The van der Waals surface area contributed by atoms with E-state index in [-0.39, 0.29) is 18.4 Å². The summed E-state index contributed by atoms with van der Waals surface area (Å²) in [4.78, 5) is 10.7. The zero-order valence-corrected chi connectivity index (χ0v) is 17.4. The summed E-state index contributed by atoms with van der Waals surface area (Å²) in [6.07, 6.45) is 2.42. The van der Waals surface area contributed by atoms with Crippen LogP contribution in [0.5, 0.6) is 17.2 Å². The molecule has 2 aromatic carbocycles. The van der Waals surface area contributed by atoms with Crippen molar-refractivity contribution >= 4 is 35.2 Å². The number of hydrogen-bond acceptors (Lipinski definition) is 7. The number of aromatic nitrogens is 2. The third-order valence-electron chi connectivity index (χ3n) is 3.82. The maximum atomic E-state index is 10.7. The van der Waals surface area contributed by atoms with E-state index in [2.05, 4.69) is 10.2 Å². The number of nitrogens with zero attached hydrogens (tertiary/aromatic N) is 2. The van der Waals surface area contributed by atoms with E-state index in [1.807, 2.05) is 0 Å². The first-order valence-electron chi connectivity index (χ1n) is 8.48. The summed E-state index contributed by atoms with van der Waals surface area (Å²) < 4.78 is 22.1. The number of ether oxygens (including phenoxy) is 3. The molecule has 30 heavy (non-hydrogen) atoms. The van der Waals surface area contributed by atoms with E-state index in [1.54, 1.807) is 30.3 Å². The van der Waals surface area contributed by atoms with Gasteiger partial charge in [-0.05, 0) is 42.0 Å². The first-order valence-corrected chi connectivity index (χ1v) is 9.24. The van der Waals surface area contributed by atoms with E-state index in [0.717, 1.165) is 6.08 Å². The van der Waals surface area contributed by atoms with Gasteiger partial charge in [0.1, 0.15) is 0 Å². The van der Waals surface area contributed by atoms with Gasteiger partial charge >= 0.3 is 5.97 Å². The van der Waals surface area contributed by atoms with Gasteiger partial charge in [-0.25, -0.2) is 4.79 Å². The molecular formula is C20H16Cl2N2O6. The molecule has 0 radical (unpaired) electrons. The molecule has 0 saturated carbocycles. The molecule has 0 saturated heterocycles. The zero-order chi connectivity index (χ0) is 21.7. The molecule has 0 amide bonds. The normalized spacial score (nSPS) is 10.9. The molecule has 156 valence electrons. The molecule has 0 spiro atoms. The van der Waals surface area contributed by atoms with E-state index in [0.29, 0.717) is 38.4 Å². The molecule has 3 aromatic rings. The lowest BCUT2D eigenvalue weighted by Crippen LogP contribution is -2.01. The van der Waals surface area contributed by atoms with Crippen molar-refractivity contribution in [2.45, 2.75) is 6.61 Å². The van der Waals surface area contributed by atoms with Crippen molar-refractivity contribution in [3.05, 3.63) is 57.9 Å². The number of methoxy groups -OCH3 is 2. The fourth-order valence-electron chi connectivity index (χ4n) is 2.55. The second-order valence-corrected chi connectivity index (χ2v) is 6.75. The summed E-state index contributed by atoms with van der Waals surface area (Å²) in [6.45, 7) is -0.0572. The Balaban J connectivity index is 1.81. The Morgan fingerprint density at radius 3 is 2.27 bits per heavy atom. The van der Waals surface area contributed by atoms with Crippen molar-refractivity contribution in [3.8, 4) is 28.7 Å². The van der Waals surface area contributed by atoms with Crippen molar-refractivity contribution in [1.82, 2.24) is 10.2 Å². The van der Waals surface area contributed by atoms with Crippen molar-refractivity contribution in [2.24, 2.45) is 0 Å². The third kappa shape index (κ3) is 5.22. The van der Waals surface area contributed by atoms with Crippen molar-refractivity contribution in [1.29, 1.82) is 0 Å². The molecule has 0 aliphatic heterocycles. The summed E-state index contributed by atoms with van der Waals surface area (Å²) in [6, 6.07) is 8.14. The monoisotopic (exact) mass is 450 g/mol. The number of hydrogen-bond donors (Lipinski definition) is 1. The summed E-state index contributed by atoms with van der Waals surface area (Å²) in [5, 5.41) is 17.6. The van der Waals surface area contributed by atoms with Crippen molar-refractivity contribution in [3.63, 3.8) is 0 Å². The number of carboxylic acids is 1. The van der Waals surface area contributed by atoms with Crippen LogP contribution >= 0.6 is 23.2 Å². The van der Waals surface area contributed by atoms with Gasteiger partial charge in [-0.1, -0.05) is 23.2 Å². The largest absolute Gasteiger partial charge is 0.493 e. The van der Waals surface area contributed by atoms with Crippen molar-refractivity contribution in [2.75, 3.05) is 14.2 Å². The van der Waals surface area contributed by atoms with E-state index in [1.165, 1.54) is 20.3 Å². The Kier molecular flexibility index (Phi) is 6.81. The molecule has 0 unspecified atom stereocenters. The van der Waals surface area contributed by atoms with Gasteiger partial charge in [0.2, 0.25) is 11.6 Å². The highest BCUT2D eigenvalue weighted by atomic mass is 35.5. The topological polar surface area (TPSA) is 104 Å². The second kappa shape index (κ2) is 9.51. The number of rotatable bonds is 8. The van der Waals surface area contributed by atoms with Crippen LogP contribution in [0.25, 0.3) is 17.5 Å². The predicted molar refractivity (Wildman–Crippen MR) is 110 cm³/mol. The minimum atomic E-state index is -1.07. The second-order valence-electron chi connectivity index (χ2n) is 5.87. The minimum absolute atomic E-state index is 0.0572. The van der Waals surface area contributed by atoms with Gasteiger partial charge in [0.15, 0.2) is 18.1 Å². The summed E-state index contributed by atoms with van der Waals surface area (Å²) in [5.74, 6) is 0.382. The molecule has 0 atom stereocenters. The van der Waals surface area contributed by atoms with Crippen molar-refractivity contribution < 1.29 is 28.5 Å². The van der Waals surface area contributed by atoms with Gasteiger partial charge < -0.3 is 23.7 Å². The average Bonchev–Trinajstić information content (AvgIpc) is 3.18. The Hall–Kier alpha value is -3.23. The van der Waals surface area contributed by atoms with Crippen LogP contribution in [0.1, 0.15) is 11.5 Å². The fourth-order valence-corrected chi connectivity index (χ4v) is 3.07. The zero-order valence-electron chi connectivity index (χ0n) is 15.9. The summed E-state index contributed by atoms with van der Waals surface area (Å²) in [7, 11) is 2.92. The highest BCUT2D eigenvalue weighted by Crippen LogP contribution is 2.39. The summed E-state index contributed by atoms with van der Waals surface area (Å²) >= 11 is 12.0. The summed E-state index contributed by atoms with van der Waals surface area (Å²) in [5.41, 5.74) is 1.15. The molecule has 8 nitrogen and oxygen atoms in total. The van der Waals surface area contributed by atoms with Crippen LogP contribution in [0.4, 0.5) is 0 Å². The van der Waals surface area contributed by atoms with Gasteiger partial charge in [-0.2, -0.15) is 0 Å². The standard InChI is InChI=1S/C20H16Cl2N2O6/c1-27-15-5-11(3-4-18(25)26)6-16(28-2)19(15)29-10-17-23-24-20(30-17)12-7-13(21)9-14(22)8-12/h3-9H,10H2,1-2H3,(H,25,26). The quantitative estimate of drug-likeness (QED) is 0.490. The fraction of sp³-hybridized carbons (Fsp3) is 0.150. The lowest BCUT2D eigenvalue weighted by Gasteiger charge is -2.14. The Morgan fingerprint density at radius 1 is 1.07 bits per heavy atom. The Labute approximate surface area is 181 Å². The number of benzene rings is 2. The van der Waals surface area contributed by atoms with Crippen LogP contribution in [-0.4, -0.2) is 35.5 Å². The molecule has 0 fully saturated rings. The average molecular weight is 451 g/mol. The van der Waals surface area contributed by atoms with E-state index < -0.39 is 5.97 Å². The number of halogens is 2. The molecular weight excluding hydrogens is 435 g/mol. The van der Waals surface area contributed by atoms with Gasteiger partial charge in [0.25, 0.3) is 5.89 Å². The molecule has 1 heterocycles. The molecule has 0 aliphatic rings. The first-order chi connectivity index (χ1) is 14.4. The van der Waals surface area contributed by atoms with Gasteiger partial charge in [0, 0.05) is 21.7 Å². The van der Waals surface area contributed by atoms with Gasteiger partial charge in [-0.3, -0.25) is 0 Å². The van der Waals surface area contributed by atoms with Crippen LogP contribution in [-0.2, 0) is 11.4 Å². The molecule has 0 aliphatic carbocycles. The van der Waals surface area contributed by atoms with Gasteiger partial charge in [-0.15, -0.1) is 10.2 Å². The van der Waals surface area contributed by atoms with Crippen LogP contribution in [0.3, 0.4) is 0 Å². The third-order valence-corrected chi connectivity index (χ3v) is 4.25. The molecule has 1 aromatic heterocycles. The molecule has 3 rings (SSSR count). The number of carbonyl (C=O) groups is 1. The smallest absolute Gasteiger partial charge is 0.328 e. The maximum Gasteiger partial charge on any atom is 0.328 e. The maximum absolute atomic E-state index is 10.7. The van der Waals surface area contributed by atoms with E-state index >= 15 is 0 Å². The molecule has 1 N–H and O–H groups in total. The predicted octanol–water partition coefficient (Wildman–Crippen LogP) is 4.74.